The third-order valence-corrected chi connectivity index (χ3v) is 3.63. The summed E-state index contributed by atoms with van der Waals surface area (Å²) in [6.45, 7) is 2.62. The van der Waals surface area contributed by atoms with Crippen molar-refractivity contribution in [1.82, 2.24) is 5.16 Å². The van der Waals surface area contributed by atoms with Gasteiger partial charge in [0.1, 0.15) is 17.3 Å². The molecular formula is C15H14FN3O. The summed E-state index contributed by atoms with van der Waals surface area (Å²) in [5.74, 6) is 0.392. The summed E-state index contributed by atoms with van der Waals surface area (Å²) in [5.41, 5.74) is 1.69. The van der Waals surface area contributed by atoms with Crippen molar-refractivity contribution in [1.29, 1.82) is 5.26 Å². The predicted octanol–water partition coefficient (Wildman–Crippen LogP) is 3.34. The van der Waals surface area contributed by atoms with E-state index in [9.17, 15) is 4.39 Å². The maximum atomic E-state index is 14.1. The molecule has 0 aliphatic carbocycles. The Morgan fingerprint density at radius 1 is 1.45 bits per heavy atom. The first-order valence-electron chi connectivity index (χ1n) is 6.58. The smallest absolute Gasteiger partial charge is 0.147 e. The van der Waals surface area contributed by atoms with Crippen LogP contribution in [0.2, 0.25) is 0 Å². The van der Waals surface area contributed by atoms with E-state index in [1.807, 2.05) is 24.0 Å². The second kappa shape index (κ2) is 4.97. The van der Waals surface area contributed by atoms with Crippen LogP contribution >= 0.6 is 0 Å². The minimum atomic E-state index is -0.365. The summed E-state index contributed by atoms with van der Waals surface area (Å²) in [6, 6.07) is 8.46. The van der Waals surface area contributed by atoms with E-state index in [1.165, 1.54) is 6.07 Å². The number of halogens is 1. The number of nitriles is 1. The second-order valence-electron chi connectivity index (χ2n) is 4.99. The Hall–Kier alpha value is -2.35. The third-order valence-electron chi connectivity index (χ3n) is 3.63. The molecule has 1 aromatic carbocycles. The highest BCUT2D eigenvalue weighted by molar-refractivity contribution is 5.53. The molecule has 0 N–H and O–H groups in total. The van der Waals surface area contributed by atoms with Gasteiger partial charge in [-0.1, -0.05) is 5.16 Å². The Labute approximate surface area is 116 Å². The molecule has 0 amide bonds. The van der Waals surface area contributed by atoms with Gasteiger partial charge in [0, 0.05) is 12.6 Å². The molecule has 0 radical (unpaired) electrons. The topological polar surface area (TPSA) is 53.1 Å². The zero-order valence-corrected chi connectivity index (χ0v) is 11.1. The van der Waals surface area contributed by atoms with Gasteiger partial charge in [0.25, 0.3) is 0 Å². The van der Waals surface area contributed by atoms with E-state index in [0.29, 0.717) is 11.3 Å². The summed E-state index contributed by atoms with van der Waals surface area (Å²) >= 11 is 0. The van der Waals surface area contributed by atoms with Crippen LogP contribution in [0.15, 0.2) is 28.8 Å². The molecule has 1 aliphatic rings. The zero-order chi connectivity index (χ0) is 14.1. The van der Waals surface area contributed by atoms with Crippen LogP contribution in [0.25, 0.3) is 0 Å². The van der Waals surface area contributed by atoms with E-state index in [1.54, 1.807) is 12.1 Å². The SMILES string of the molecule is Cc1cc([C@@H]2CCCN2c2ccc(C#N)cc2F)no1. The molecule has 102 valence electrons. The standard InChI is InChI=1S/C15H14FN3O/c1-10-7-13(18-20-10)15-3-2-6-19(15)14-5-4-11(9-17)8-12(14)16/h4-5,7-8,15H,2-3,6H2,1H3/t15-/m0/s1. The van der Waals surface area contributed by atoms with Crippen molar-refractivity contribution < 1.29 is 8.91 Å². The molecule has 1 aromatic heterocycles. The van der Waals surface area contributed by atoms with E-state index < -0.39 is 0 Å². The highest BCUT2D eigenvalue weighted by Gasteiger charge is 2.30. The molecule has 3 rings (SSSR count). The minimum absolute atomic E-state index is 0.0369. The van der Waals surface area contributed by atoms with Crippen LogP contribution in [0.3, 0.4) is 0 Å². The third kappa shape index (κ3) is 2.14. The highest BCUT2D eigenvalue weighted by Crippen LogP contribution is 2.37. The first-order valence-corrected chi connectivity index (χ1v) is 6.58. The lowest BCUT2D eigenvalue weighted by Gasteiger charge is -2.25. The number of nitrogens with zero attached hydrogens (tertiary/aromatic N) is 3. The van der Waals surface area contributed by atoms with Gasteiger partial charge in [-0.15, -0.1) is 0 Å². The monoisotopic (exact) mass is 271 g/mol. The molecule has 1 fully saturated rings. The molecule has 0 spiro atoms. The van der Waals surface area contributed by atoms with Gasteiger partial charge in [-0.25, -0.2) is 4.39 Å². The van der Waals surface area contributed by atoms with Crippen molar-refractivity contribution in [3.05, 3.63) is 47.1 Å². The minimum Gasteiger partial charge on any atom is -0.361 e. The van der Waals surface area contributed by atoms with Gasteiger partial charge < -0.3 is 9.42 Å². The van der Waals surface area contributed by atoms with Crippen LogP contribution in [0.4, 0.5) is 10.1 Å². The first kappa shape index (κ1) is 12.7. The number of anilines is 1. The number of aromatic nitrogens is 1. The fourth-order valence-electron chi connectivity index (χ4n) is 2.71. The van der Waals surface area contributed by atoms with Gasteiger partial charge in [-0.05, 0) is 38.0 Å². The van der Waals surface area contributed by atoms with Gasteiger partial charge in [0.05, 0.1) is 23.4 Å². The molecule has 1 saturated heterocycles. The largest absolute Gasteiger partial charge is 0.361 e. The molecular weight excluding hydrogens is 257 g/mol. The summed E-state index contributed by atoms with van der Waals surface area (Å²) < 4.78 is 19.3. The van der Waals surface area contributed by atoms with E-state index in [2.05, 4.69) is 5.16 Å². The molecule has 0 unspecified atom stereocenters. The molecule has 0 saturated carbocycles. The van der Waals surface area contributed by atoms with E-state index in [4.69, 9.17) is 9.78 Å². The Morgan fingerprint density at radius 2 is 2.30 bits per heavy atom. The van der Waals surface area contributed by atoms with Crippen molar-refractivity contribution in [2.24, 2.45) is 0 Å². The molecule has 4 nitrogen and oxygen atoms in total. The fourth-order valence-corrected chi connectivity index (χ4v) is 2.71. The fraction of sp³-hybridized carbons (Fsp3) is 0.333. The number of hydrogen-bond donors (Lipinski definition) is 0. The summed E-state index contributed by atoms with van der Waals surface area (Å²) in [7, 11) is 0. The lowest BCUT2D eigenvalue weighted by molar-refractivity contribution is 0.385. The van der Waals surface area contributed by atoms with Crippen LogP contribution in [-0.2, 0) is 0 Å². The van der Waals surface area contributed by atoms with Gasteiger partial charge in [0.15, 0.2) is 0 Å². The Kier molecular flexibility index (Phi) is 3.15. The van der Waals surface area contributed by atoms with Crippen molar-refractivity contribution in [3.63, 3.8) is 0 Å². The lowest BCUT2D eigenvalue weighted by atomic mass is 10.1. The quantitative estimate of drug-likeness (QED) is 0.840. The van der Waals surface area contributed by atoms with Gasteiger partial charge >= 0.3 is 0 Å². The predicted molar refractivity (Wildman–Crippen MR) is 71.7 cm³/mol. The van der Waals surface area contributed by atoms with Crippen molar-refractivity contribution in [2.45, 2.75) is 25.8 Å². The molecule has 20 heavy (non-hydrogen) atoms. The lowest BCUT2D eigenvalue weighted by Crippen LogP contribution is -2.23. The van der Waals surface area contributed by atoms with Crippen molar-refractivity contribution >= 4 is 5.69 Å². The van der Waals surface area contributed by atoms with Crippen LogP contribution in [0.1, 0.15) is 35.9 Å². The number of rotatable bonds is 2. The van der Waals surface area contributed by atoms with Crippen LogP contribution < -0.4 is 4.90 Å². The van der Waals surface area contributed by atoms with E-state index >= 15 is 0 Å². The number of aryl methyl sites for hydroxylation is 1. The molecule has 2 aromatic rings. The van der Waals surface area contributed by atoms with Gasteiger partial charge in [0.2, 0.25) is 0 Å². The number of benzene rings is 1. The average Bonchev–Trinajstić information content (AvgIpc) is 3.07. The van der Waals surface area contributed by atoms with Crippen molar-refractivity contribution in [2.75, 3.05) is 11.4 Å². The van der Waals surface area contributed by atoms with Crippen molar-refractivity contribution in [3.8, 4) is 6.07 Å². The highest BCUT2D eigenvalue weighted by atomic mass is 19.1. The normalized spacial score (nSPS) is 18.2. The van der Waals surface area contributed by atoms with Gasteiger partial charge in [-0.3, -0.25) is 0 Å². The first-order chi connectivity index (χ1) is 9.69. The average molecular weight is 271 g/mol. The molecule has 1 aliphatic heterocycles. The van der Waals surface area contributed by atoms with E-state index in [0.717, 1.165) is 30.8 Å². The van der Waals surface area contributed by atoms with Gasteiger partial charge in [-0.2, -0.15) is 5.26 Å². The van der Waals surface area contributed by atoms with Crippen LogP contribution in [-0.4, -0.2) is 11.7 Å². The Balaban J connectivity index is 1.95. The molecule has 5 heteroatoms. The van der Waals surface area contributed by atoms with E-state index in [-0.39, 0.29) is 11.9 Å². The molecule has 2 heterocycles. The molecule has 1 atom stereocenters. The zero-order valence-electron chi connectivity index (χ0n) is 11.1. The summed E-state index contributed by atoms with van der Waals surface area (Å²) in [4.78, 5) is 1.99. The summed E-state index contributed by atoms with van der Waals surface area (Å²) in [5, 5.41) is 12.8. The maximum absolute atomic E-state index is 14.1. The Morgan fingerprint density at radius 3 is 2.95 bits per heavy atom. The molecule has 0 bridgehead atoms. The van der Waals surface area contributed by atoms with Crippen LogP contribution in [0, 0.1) is 24.1 Å². The summed E-state index contributed by atoms with van der Waals surface area (Å²) in [6.07, 6.45) is 1.90. The number of hydrogen-bond acceptors (Lipinski definition) is 4. The second-order valence-corrected chi connectivity index (χ2v) is 4.99. The maximum Gasteiger partial charge on any atom is 0.147 e. The van der Waals surface area contributed by atoms with Crippen LogP contribution in [0.5, 0.6) is 0 Å². The Bertz CT molecular complexity index is 674.